The van der Waals surface area contributed by atoms with E-state index in [9.17, 15) is 4.79 Å². The number of carbonyl (C=O) groups is 1. The fraction of sp³-hybridized carbons (Fsp3) is 0.550. The van der Waals surface area contributed by atoms with Gasteiger partial charge in [0, 0.05) is 49.0 Å². The van der Waals surface area contributed by atoms with Crippen LogP contribution in [0.1, 0.15) is 25.7 Å². The van der Waals surface area contributed by atoms with Crippen molar-refractivity contribution in [3.05, 3.63) is 30.5 Å². The van der Waals surface area contributed by atoms with E-state index < -0.39 is 5.54 Å². The number of rotatable bonds is 5. The van der Waals surface area contributed by atoms with Crippen molar-refractivity contribution >= 4 is 47.3 Å². The van der Waals surface area contributed by atoms with E-state index in [4.69, 9.17) is 10.5 Å². The summed E-state index contributed by atoms with van der Waals surface area (Å²) < 4.78 is 7.68. The molecule has 28 heavy (non-hydrogen) atoms. The Labute approximate surface area is 178 Å². The van der Waals surface area contributed by atoms with Crippen LogP contribution < -0.4 is 11.1 Å². The molecule has 6 nitrogen and oxygen atoms in total. The van der Waals surface area contributed by atoms with Gasteiger partial charge in [-0.1, -0.05) is 12.8 Å². The molecule has 0 bridgehead atoms. The summed E-state index contributed by atoms with van der Waals surface area (Å²) in [6.07, 6.45) is 5.75. The van der Waals surface area contributed by atoms with Crippen LogP contribution in [0.2, 0.25) is 0 Å². The van der Waals surface area contributed by atoms with E-state index >= 15 is 0 Å². The number of carbonyl (C=O) groups excluding carboxylic acids is 1. The van der Waals surface area contributed by atoms with E-state index in [1.807, 2.05) is 12.1 Å². The standard InChI is InChI=1S/C20H28N4O2.2ClH/c21-20(6-1-2-7-20)19(25)22-17-3-4-18-16(15-17)5-8-24(18)10-9-23-11-13-26-14-12-23;;/h3-5,8,15H,1-2,6-7,9-14,21H2,(H,22,25);2*1H. The Morgan fingerprint density at radius 3 is 2.54 bits per heavy atom. The molecule has 1 saturated heterocycles. The molecule has 1 aromatic carbocycles. The van der Waals surface area contributed by atoms with Gasteiger partial charge >= 0.3 is 0 Å². The second kappa shape index (κ2) is 9.94. The third kappa shape index (κ3) is 4.99. The van der Waals surface area contributed by atoms with Gasteiger partial charge in [-0.05, 0) is 37.1 Å². The molecule has 1 aromatic heterocycles. The first-order valence-electron chi connectivity index (χ1n) is 9.63. The number of nitrogens with zero attached hydrogens (tertiary/aromatic N) is 2. The van der Waals surface area contributed by atoms with Crippen molar-refractivity contribution in [3.63, 3.8) is 0 Å². The highest BCUT2D eigenvalue weighted by Crippen LogP contribution is 2.29. The number of morpholine rings is 1. The molecular weight excluding hydrogens is 399 g/mol. The number of halogens is 2. The zero-order valence-corrected chi connectivity index (χ0v) is 17.7. The minimum Gasteiger partial charge on any atom is -0.379 e. The van der Waals surface area contributed by atoms with Crippen LogP contribution in [0.25, 0.3) is 10.9 Å². The van der Waals surface area contributed by atoms with Gasteiger partial charge in [0.2, 0.25) is 5.91 Å². The second-order valence-corrected chi connectivity index (χ2v) is 7.55. The molecule has 4 rings (SSSR count). The molecule has 8 heteroatoms. The number of anilines is 1. The summed E-state index contributed by atoms with van der Waals surface area (Å²) in [5.74, 6) is -0.0545. The highest BCUT2D eigenvalue weighted by atomic mass is 35.5. The van der Waals surface area contributed by atoms with E-state index in [2.05, 4.69) is 33.1 Å². The van der Waals surface area contributed by atoms with Crippen LogP contribution >= 0.6 is 24.8 Å². The van der Waals surface area contributed by atoms with Gasteiger partial charge in [0.25, 0.3) is 0 Å². The zero-order chi connectivity index (χ0) is 18.0. The number of ether oxygens (including phenoxy) is 1. The monoisotopic (exact) mass is 428 g/mol. The summed E-state index contributed by atoms with van der Waals surface area (Å²) in [6, 6.07) is 8.21. The molecule has 0 spiro atoms. The van der Waals surface area contributed by atoms with E-state index in [1.165, 1.54) is 5.52 Å². The third-order valence-corrected chi connectivity index (χ3v) is 5.74. The summed E-state index contributed by atoms with van der Waals surface area (Å²) in [6.45, 7) is 5.67. The van der Waals surface area contributed by atoms with Gasteiger partial charge in [-0.15, -0.1) is 24.8 Å². The van der Waals surface area contributed by atoms with Crippen LogP contribution in [0.4, 0.5) is 5.69 Å². The number of nitrogens with one attached hydrogen (secondary N) is 1. The summed E-state index contributed by atoms with van der Waals surface area (Å²) in [4.78, 5) is 14.9. The lowest BCUT2D eigenvalue weighted by molar-refractivity contribution is -0.121. The van der Waals surface area contributed by atoms with Crippen LogP contribution in [0.5, 0.6) is 0 Å². The highest BCUT2D eigenvalue weighted by molar-refractivity contribution is 5.99. The maximum Gasteiger partial charge on any atom is 0.244 e. The summed E-state index contributed by atoms with van der Waals surface area (Å²) >= 11 is 0. The SMILES string of the molecule is Cl.Cl.NC1(C(=O)Nc2ccc3c(ccn3CCN3CCOCC3)c2)CCCC1. The van der Waals surface area contributed by atoms with Crippen molar-refractivity contribution in [2.45, 2.75) is 37.8 Å². The fourth-order valence-electron chi connectivity index (χ4n) is 4.04. The molecule has 1 aliphatic carbocycles. The molecule has 2 aliphatic rings. The molecule has 1 saturated carbocycles. The Balaban J connectivity index is 0.00000140. The molecule has 2 fully saturated rings. The van der Waals surface area contributed by atoms with Gasteiger partial charge in [-0.2, -0.15) is 0 Å². The zero-order valence-electron chi connectivity index (χ0n) is 16.1. The number of amides is 1. The average Bonchev–Trinajstić information content (AvgIpc) is 3.28. The molecule has 156 valence electrons. The van der Waals surface area contributed by atoms with E-state index in [1.54, 1.807) is 0 Å². The van der Waals surface area contributed by atoms with Crippen molar-refractivity contribution in [3.8, 4) is 0 Å². The molecule has 2 aromatic rings. The van der Waals surface area contributed by atoms with Crippen LogP contribution in [0.15, 0.2) is 30.5 Å². The smallest absolute Gasteiger partial charge is 0.244 e. The maximum absolute atomic E-state index is 12.5. The van der Waals surface area contributed by atoms with Gasteiger partial charge in [0.05, 0.1) is 18.8 Å². The predicted molar refractivity (Wildman–Crippen MR) is 118 cm³/mol. The molecule has 0 atom stereocenters. The van der Waals surface area contributed by atoms with Gasteiger partial charge in [-0.25, -0.2) is 0 Å². The number of benzene rings is 1. The van der Waals surface area contributed by atoms with E-state index in [0.29, 0.717) is 0 Å². The average molecular weight is 429 g/mol. The molecule has 2 heterocycles. The van der Waals surface area contributed by atoms with Crippen molar-refractivity contribution in [2.75, 3.05) is 38.2 Å². The first-order chi connectivity index (χ1) is 12.6. The van der Waals surface area contributed by atoms with Crippen molar-refractivity contribution in [1.29, 1.82) is 0 Å². The summed E-state index contributed by atoms with van der Waals surface area (Å²) in [5.41, 5.74) is 7.57. The third-order valence-electron chi connectivity index (χ3n) is 5.74. The van der Waals surface area contributed by atoms with Gasteiger partial charge in [-0.3, -0.25) is 9.69 Å². The lowest BCUT2D eigenvalue weighted by Crippen LogP contribution is -2.48. The minimum atomic E-state index is -0.695. The Kier molecular flexibility index (Phi) is 8.16. The minimum absolute atomic E-state index is 0. The second-order valence-electron chi connectivity index (χ2n) is 7.55. The topological polar surface area (TPSA) is 72.5 Å². The summed E-state index contributed by atoms with van der Waals surface area (Å²) in [5, 5.41) is 4.16. The first kappa shape index (κ1) is 23.0. The quantitative estimate of drug-likeness (QED) is 0.767. The molecule has 1 aliphatic heterocycles. The molecule has 3 N–H and O–H groups in total. The van der Waals surface area contributed by atoms with Crippen LogP contribution in [-0.2, 0) is 16.1 Å². The van der Waals surface area contributed by atoms with Crippen LogP contribution in [0.3, 0.4) is 0 Å². The van der Waals surface area contributed by atoms with E-state index in [-0.39, 0.29) is 30.7 Å². The number of aromatic nitrogens is 1. The first-order valence-corrected chi connectivity index (χ1v) is 9.63. The number of hydrogen-bond acceptors (Lipinski definition) is 4. The highest BCUT2D eigenvalue weighted by Gasteiger charge is 2.36. The predicted octanol–water partition coefficient (Wildman–Crippen LogP) is 3.03. The molecule has 0 radical (unpaired) electrons. The molecule has 1 amide bonds. The number of fused-ring (bicyclic) bond motifs is 1. The van der Waals surface area contributed by atoms with Gasteiger partial charge < -0.3 is 20.4 Å². The van der Waals surface area contributed by atoms with Gasteiger partial charge in [0.15, 0.2) is 0 Å². The summed E-state index contributed by atoms with van der Waals surface area (Å²) in [7, 11) is 0. The van der Waals surface area contributed by atoms with Crippen molar-refractivity contribution in [2.24, 2.45) is 5.73 Å². The van der Waals surface area contributed by atoms with Gasteiger partial charge in [0.1, 0.15) is 0 Å². The number of nitrogens with two attached hydrogens (primary N) is 1. The maximum atomic E-state index is 12.5. The largest absolute Gasteiger partial charge is 0.379 e. The Bertz CT molecular complexity index is 784. The molecule has 0 unspecified atom stereocenters. The van der Waals surface area contributed by atoms with E-state index in [0.717, 1.165) is 76.1 Å². The Morgan fingerprint density at radius 1 is 1.11 bits per heavy atom. The normalized spacial score (nSPS) is 19.0. The van der Waals surface area contributed by atoms with Crippen molar-refractivity contribution in [1.82, 2.24) is 9.47 Å². The lowest BCUT2D eigenvalue weighted by atomic mass is 9.98. The number of hydrogen-bond donors (Lipinski definition) is 2. The fourth-order valence-corrected chi connectivity index (χ4v) is 4.04. The van der Waals surface area contributed by atoms with Crippen molar-refractivity contribution < 1.29 is 9.53 Å². The molecular formula is C20H30Cl2N4O2. The Hall–Kier alpha value is -1.31. The Morgan fingerprint density at radius 2 is 1.82 bits per heavy atom. The van der Waals surface area contributed by atoms with Crippen LogP contribution in [-0.4, -0.2) is 53.8 Å². The lowest BCUT2D eigenvalue weighted by Gasteiger charge is -2.26. The van der Waals surface area contributed by atoms with Crippen LogP contribution in [0, 0.1) is 0 Å².